The first-order valence-electron chi connectivity index (χ1n) is 6.98. The van der Waals surface area contributed by atoms with Gasteiger partial charge in [0.25, 0.3) is 17.4 Å². The van der Waals surface area contributed by atoms with E-state index in [-0.39, 0.29) is 16.7 Å². The number of nitro benzene ring substituents is 2. The molecule has 0 aliphatic carbocycles. The van der Waals surface area contributed by atoms with Crippen molar-refractivity contribution in [3.63, 3.8) is 0 Å². The lowest BCUT2D eigenvalue weighted by Gasteiger charge is -2.12. The molecule has 1 aromatic heterocycles. The van der Waals surface area contributed by atoms with Crippen LogP contribution in [-0.2, 0) is 0 Å². The van der Waals surface area contributed by atoms with Gasteiger partial charge in [-0.15, -0.1) is 0 Å². The molecule has 0 bridgehead atoms. The summed E-state index contributed by atoms with van der Waals surface area (Å²) >= 11 is 0. The van der Waals surface area contributed by atoms with Gasteiger partial charge in [-0.2, -0.15) is 0 Å². The third kappa shape index (κ3) is 2.28. The van der Waals surface area contributed by atoms with E-state index in [1.165, 1.54) is 6.92 Å². The molecule has 26 heavy (non-hydrogen) atoms. The first kappa shape index (κ1) is 16.8. The quantitative estimate of drug-likeness (QED) is 0.449. The van der Waals surface area contributed by atoms with Gasteiger partial charge in [-0.3, -0.25) is 39.9 Å². The van der Waals surface area contributed by atoms with E-state index < -0.39 is 50.1 Å². The molecule has 2 heterocycles. The van der Waals surface area contributed by atoms with Crippen LogP contribution in [0.3, 0.4) is 0 Å². The zero-order chi connectivity index (χ0) is 19.3. The highest BCUT2D eigenvalue weighted by Gasteiger charge is 2.36. The fraction of sp³-hybridized carbons (Fsp3) is 0.0714. The van der Waals surface area contributed by atoms with Crippen LogP contribution >= 0.6 is 0 Å². The number of amides is 2. The van der Waals surface area contributed by atoms with Crippen molar-refractivity contribution >= 4 is 29.0 Å². The first-order valence-corrected chi connectivity index (χ1v) is 6.98. The highest BCUT2D eigenvalue weighted by atomic mass is 16.6. The molecular formula is C14H9N5O7. The smallest absolute Gasteiger partial charge is 0.300 e. The van der Waals surface area contributed by atoms with Crippen LogP contribution in [0.4, 0.5) is 17.2 Å². The lowest BCUT2D eigenvalue weighted by Crippen LogP contribution is -2.25. The molecule has 0 saturated carbocycles. The Morgan fingerprint density at radius 2 is 1.54 bits per heavy atom. The minimum absolute atomic E-state index is 0.216. The largest absolute Gasteiger partial charge is 0.384 e. The first-order chi connectivity index (χ1) is 12.1. The number of aryl methyl sites for hydroxylation is 1. The van der Waals surface area contributed by atoms with Gasteiger partial charge >= 0.3 is 11.4 Å². The summed E-state index contributed by atoms with van der Waals surface area (Å²) in [6.45, 7) is 1.41. The third-order valence-corrected chi connectivity index (χ3v) is 3.78. The molecule has 2 aromatic rings. The molecule has 132 valence electrons. The Hall–Kier alpha value is -4.09. The highest BCUT2D eigenvalue weighted by molar-refractivity contribution is 6.23. The molecule has 3 rings (SSSR count). The van der Waals surface area contributed by atoms with Gasteiger partial charge < -0.3 is 5.73 Å². The van der Waals surface area contributed by atoms with E-state index in [0.717, 1.165) is 18.2 Å². The summed E-state index contributed by atoms with van der Waals surface area (Å²) in [5, 5.41) is 24.7. The SMILES string of the molecule is Cc1cc([N+](=O)[O-])c(-n2c(N)c3c(cc2=O)C(=O)NC3=O)c([N+](=O)[O-])c1. The van der Waals surface area contributed by atoms with E-state index in [9.17, 15) is 34.6 Å². The van der Waals surface area contributed by atoms with Crippen molar-refractivity contribution in [2.75, 3.05) is 5.73 Å². The number of nitrogens with zero attached hydrogens (tertiary/aromatic N) is 3. The van der Waals surface area contributed by atoms with Gasteiger partial charge in [0.1, 0.15) is 5.82 Å². The summed E-state index contributed by atoms with van der Waals surface area (Å²) in [6, 6.07) is 2.82. The average Bonchev–Trinajstić information content (AvgIpc) is 2.81. The standard InChI is InChI=1S/C14H9N5O7/c1-5-2-7(18(23)24)11(8(3-5)19(25)26)17-9(20)4-6-10(12(17)15)14(22)16-13(6)21/h2-4H,15H2,1H3,(H,16,21,22). The summed E-state index contributed by atoms with van der Waals surface area (Å²) in [4.78, 5) is 57.0. The Balaban J connectivity index is 2.50. The van der Waals surface area contributed by atoms with Crippen molar-refractivity contribution in [3.05, 3.63) is 65.5 Å². The minimum atomic E-state index is -1.03. The number of benzene rings is 1. The summed E-state index contributed by atoms with van der Waals surface area (Å²) in [5.74, 6) is -2.37. The number of aromatic nitrogens is 1. The van der Waals surface area contributed by atoms with E-state index in [2.05, 4.69) is 0 Å². The number of hydrogen-bond acceptors (Lipinski definition) is 8. The van der Waals surface area contributed by atoms with Gasteiger partial charge in [-0.1, -0.05) is 0 Å². The predicted molar refractivity (Wildman–Crippen MR) is 86.3 cm³/mol. The topological polar surface area (TPSA) is 180 Å². The second-order valence-corrected chi connectivity index (χ2v) is 5.44. The van der Waals surface area contributed by atoms with Gasteiger partial charge in [0.2, 0.25) is 5.69 Å². The van der Waals surface area contributed by atoms with E-state index in [4.69, 9.17) is 5.73 Å². The molecule has 1 aromatic carbocycles. The molecule has 0 spiro atoms. The summed E-state index contributed by atoms with van der Waals surface area (Å²) < 4.78 is 0.493. The van der Waals surface area contributed by atoms with Gasteiger partial charge in [0.05, 0.1) is 21.0 Å². The van der Waals surface area contributed by atoms with Crippen LogP contribution in [0.15, 0.2) is 23.0 Å². The molecule has 2 amide bonds. The van der Waals surface area contributed by atoms with Gasteiger partial charge in [-0.25, -0.2) is 4.57 Å². The van der Waals surface area contributed by atoms with Crippen LogP contribution in [0.1, 0.15) is 26.3 Å². The number of carbonyl (C=O) groups is 2. The Labute approximate surface area is 143 Å². The van der Waals surface area contributed by atoms with Crippen LogP contribution in [0.25, 0.3) is 5.69 Å². The van der Waals surface area contributed by atoms with Crippen LogP contribution in [0.5, 0.6) is 0 Å². The molecule has 12 nitrogen and oxygen atoms in total. The molecule has 12 heteroatoms. The molecule has 0 saturated heterocycles. The van der Waals surface area contributed by atoms with Crippen molar-refractivity contribution in [2.24, 2.45) is 0 Å². The predicted octanol–water partition coefficient (Wildman–Crippen LogP) is 0.428. The number of nitrogen functional groups attached to an aromatic ring is 1. The number of carbonyl (C=O) groups excluding carboxylic acids is 2. The number of hydrogen-bond donors (Lipinski definition) is 2. The lowest BCUT2D eigenvalue weighted by atomic mass is 10.1. The molecule has 3 N–H and O–H groups in total. The Kier molecular flexibility index (Phi) is 3.53. The third-order valence-electron chi connectivity index (χ3n) is 3.78. The maximum absolute atomic E-state index is 12.4. The Morgan fingerprint density at radius 1 is 1.00 bits per heavy atom. The molecule has 0 fully saturated rings. The van der Waals surface area contributed by atoms with E-state index in [1.807, 2.05) is 5.32 Å². The number of fused-ring (bicyclic) bond motifs is 1. The maximum Gasteiger partial charge on any atom is 0.300 e. The van der Waals surface area contributed by atoms with E-state index >= 15 is 0 Å². The second-order valence-electron chi connectivity index (χ2n) is 5.44. The summed E-state index contributed by atoms with van der Waals surface area (Å²) in [5.41, 5.74) is 2.14. The van der Waals surface area contributed by atoms with Crippen LogP contribution < -0.4 is 16.6 Å². The number of nitrogens with two attached hydrogens (primary N) is 1. The van der Waals surface area contributed by atoms with Crippen molar-refractivity contribution in [1.29, 1.82) is 0 Å². The van der Waals surface area contributed by atoms with Crippen molar-refractivity contribution in [3.8, 4) is 5.69 Å². The highest BCUT2D eigenvalue weighted by Crippen LogP contribution is 2.35. The van der Waals surface area contributed by atoms with Gasteiger partial charge in [0, 0.05) is 18.2 Å². The van der Waals surface area contributed by atoms with Crippen LogP contribution in [0, 0.1) is 27.2 Å². The number of imide groups is 1. The zero-order valence-electron chi connectivity index (χ0n) is 13.0. The van der Waals surface area contributed by atoms with E-state index in [1.54, 1.807) is 0 Å². The molecular weight excluding hydrogens is 350 g/mol. The lowest BCUT2D eigenvalue weighted by molar-refractivity contribution is -0.393. The number of anilines is 1. The fourth-order valence-electron chi connectivity index (χ4n) is 2.76. The number of nitrogens with one attached hydrogen (secondary N) is 1. The van der Waals surface area contributed by atoms with Crippen molar-refractivity contribution < 1.29 is 19.4 Å². The van der Waals surface area contributed by atoms with Gasteiger partial charge in [0.15, 0.2) is 0 Å². The Morgan fingerprint density at radius 3 is 2.04 bits per heavy atom. The normalized spacial score (nSPS) is 12.7. The second kappa shape index (κ2) is 5.47. The van der Waals surface area contributed by atoms with E-state index in [0.29, 0.717) is 4.57 Å². The van der Waals surface area contributed by atoms with Crippen molar-refractivity contribution in [1.82, 2.24) is 9.88 Å². The average molecular weight is 359 g/mol. The zero-order valence-corrected chi connectivity index (χ0v) is 13.0. The number of nitro groups is 2. The molecule has 1 aliphatic heterocycles. The molecule has 0 atom stereocenters. The maximum atomic E-state index is 12.4. The molecule has 0 radical (unpaired) electrons. The monoisotopic (exact) mass is 359 g/mol. The number of pyridine rings is 1. The molecule has 0 unspecified atom stereocenters. The molecule has 1 aliphatic rings. The Bertz CT molecular complexity index is 1070. The number of rotatable bonds is 3. The fourth-order valence-corrected chi connectivity index (χ4v) is 2.76. The summed E-state index contributed by atoms with van der Waals surface area (Å²) in [6.07, 6.45) is 0. The van der Waals surface area contributed by atoms with Gasteiger partial charge in [-0.05, 0) is 12.5 Å². The minimum Gasteiger partial charge on any atom is -0.384 e. The van der Waals surface area contributed by atoms with Crippen molar-refractivity contribution in [2.45, 2.75) is 6.92 Å². The van der Waals surface area contributed by atoms with Crippen LogP contribution in [0.2, 0.25) is 0 Å². The van der Waals surface area contributed by atoms with Crippen LogP contribution in [-0.4, -0.2) is 26.2 Å². The summed E-state index contributed by atoms with van der Waals surface area (Å²) in [7, 11) is 0.